The molecular weight excluding hydrogens is 236 g/mol. The van der Waals surface area contributed by atoms with Gasteiger partial charge in [0.25, 0.3) is 0 Å². The van der Waals surface area contributed by atoms with Crippen LogP contribution in [0.25, 0.3) is 0 Å². The van der Waals surface area contributed by atoms with Crippen LogP contribution in [0.5, 0.6) is 0 Å². The zero-order valence-corrected chi connectivity index (χ0v) is 9.61. The summed E-state index contributed by atoms with van der Waals surface area (Å²) >= 11 is 0. The van der Waals surface area contributed by atoms with Crippen LogP contribution in [0.4, 0.5) is 11.5 Å². The Morgan fingerprint density at radius 3 is 2.72 bits per heavy atom. The van der Waals surface area contributed by atoms with Gasteiger partial charge in [-0.25, -0.2) is 4.98 Å². The predicted molar refractivity (Wildman–Crippen MR) is 63.1 cm³/mol. The minimum absolute atomic E-state index is 0.177. The fourth-order valence-corrected chi connectivity index (χ4v) is 1.94. The van der Waals surface area contributed by atoms with E-state index in [1.165, 1.54) is 12.1 Å². The summed E-state index contributed by atoms with van der Waals surface area (Å²) in [5, 5.41) is 28.9. The first-order valence-electron chi connectivity index (χ1n) is 5.60. The molecule has 0 radical (unpaired) electrons. The minimum atomic E-state index is -0.616. The molecule has 1 saturated heterocycles. The van der Waals surface area contributed by atoms with E-state index < -0.39 is 4.92 Å². The Balaban J connectivity index is 2.25. The van der Waals surface area contributed by atoms with Crippen molar-refractivity contribution in [2.45, 2.75) is 18.9 Å². The number of aromatic nitrogens is 1. The van der Waals surface area contributed by atoms with Gasteiger partial charge in [-0.15, -0.1) is 0 Å². The summed E-state index contributed by atoms with van der Waals surface area (Å²) in [7, 11) is 0. The second-order valence-corrected chi connectivity index (χ2v) is 4.12. The zero-order valence-electron chi connectivity index (χ0n) is 9.61. The summed E-state index contributed by atoms with van der Waals surface area (Å²) in [6.07, 6.45) is 0.982. The maximum atomic E-state index is 10.7. The van der Waals surface area contributed by atoms with Gasteiger partial charge in [-0.2, -0.15) is 5.26 Å². The Morgan fingerprint density at radius 2 is 2.17 bits per heavy atom. The van der Waals surface area contributed by atoms with E-state index in [0.717, 1.165) is 0 Å². The Kier molecular flexibility index (Phi) is 3.39. The molecule has 0 spiro atoms. The standard InChI is InChI=1S/C11H12N4O3/c12-7-9-10(15(17)18)1-2-11(13-9)14-5-3-8(16)4-6-14/h1-2,8,16H,3-6H2. The molecule has 1 fully saturated rings. The minimum Gasteiger partial charge on any atom is -0.393 e. The fraction of sp³-hybridized carbons (Fsp3) is 0.455. The van der Waals surface area contributed by atoms with Gasteiger partial charge in [0.2, 0.25) is 5.69 Å². The molecule has 0 atom stereocenters. The van der Waals surface area contributed by atoms with Crippen LogP contribution in [-0.4, -0.2) is 34.2 Å². The monoisotopic (exact) mass is 248 g/mol. The molecular formula is C11H12N4O3. The Bertz CT molecular complexity index is 504. The number of hydrogen-bond donors (Lipinski definition) is 1. The molecule has 0 bridgehead atoms. The van der Waals surface area contributed by atoms with Gasteiger partial charge in [-0.05, 0) is 18.9 Å². The Hall–Kier alpha value is -2.20. The van der Waals surface area contributed by atoms with Gasteiger partial charge < -0.3 is 10.0 Å². The molecule has 0 unspecified atom stereocenters. The number of aliphatic hydroxyl groups is 1. The van der Waals surface area contributed by atoms with Crippen molar-refractivity contribution in [1.82, 2.24) is 4.98 Å². The Morgan fingerprint density at radius 1 is 1.50 bits per heavy atom. The van der Waals surface area contributed by atoms with Gasteiger partial charge >= 0.3 is 5.69 Å². The zero-order chi connectivity index (χ0) is 13.1. The first-order valence-corrected chi connectivity index (χ1v) is 5.60. The molecule has 18 heavy (non-hydrogen) atoms. The van der Waals surface area contributed by atoms with Gasteiger partial charge in [0.1, 0.15) is 11.9 Å². The highest BCUT2D eigenvalue weighted by Crippen LogP contribution is 2.23. The third-order valence-electron chi connectivity index (χ3n) is 2.95. The average Bonchev–Trinajstić information content (AvgIpc) is 2.38. The highest BCUT2D eigenvalue weighted by Gasteiger charge is 2.21. The maximum Gasteiger partial charge on any atom is 0.305 e. The molecule has 1 N–H and O–H groups in total. The van der Waals surface area contributed by atoms with Gasteiger partial charge in [-0.3, -0.25) is 10.1 Å². The number of rotatable bonds is 2. The van der Waals surface area contributed by atoms with Crippen LogP contribution in [0.1, 0.15) is 18.5 Å². The second kappa shape index (κ2) is 4.98. The van der Waals surface area contributed by atoms with Crippen LogP contribution >= 0.6 is 0 Å². The molecule has 1 aliphatic heterocycles. The molecule has 7 nitrogen and oxygen atoms in total. The van der Waals surface area contributed by atoms with Crippen LogP contribution in [0.15, 0.2) is 12.1 Å². The quantitative estimate of drug-likeness (QED) is 0.614. The number of pyridine rings is 1. The lowest BCUT2D eigenvalue weighted by Crippen LogP contribution is -2.36. The summed E-state index contributed by atoms with van der Waals surface area (Å²) in [5.41, 5.74) is -0.457. The molecule has 0 aromatic carbocycles. The summed E-state index contributed by atoms with van der Waals surface area (Å²) < 4.78 is 0. The third-order valence-corrected chi connectivity index (χ3v) is 2.95. The van der Waals surface area contributed by atoms with Crippen molar-refractivity contribution in [3.8, 4) is 6.07 Å². The maximum absolute atomic E-state index is 10.7. The highest BCUT2D eigenvalue weighted by molar-refractivity contribution is 5.51. The van der Waals surface area contributed by atoms with Gasteiger partial charge in [-0.1, -0.05) is 0 Å². The SMILES string of the molecule is N#Cc1nc(N2CCC(O)CC2)ccc1[N+](=O)[O-]. The number of nitriles is 1. The normalized spacial score (nSPS) is 16.3. The first-order chi connectivity index (χ1) is 8.61. The highest BCUT2D eigenvalue weighted by atomic mass is 16.6. The van der Waals surface area contributed by atoms with E-state index in [-0.39, 0.29) is 17.5 Å². The van der Waals surface area contributed by atoms with Crippen LogP contribution in [0, 0.1) is 21.4 Å². The first kappa shape index (κ1) is 12.3. The largest absolute Gasteiger partial charge is 0.393 e. The molecule has 1 aromatic rings. The van der Waals surface area contributed by atoms with Crippen molar-refractivity contribution < 1.29 is 10.0 Å². The van der Waals surface area contributed by atoms with E-state index in [4.69, 9.17) is 5.26 Å². The molecule has 2 heterocycles. The number of nitro groups is 1. The van der Waals surface area contributed by atoms with Crippen molar-refractivity contribution >= 4 is 11.5 Å². The molecule has 94 valence electrons. The fourth-order valence-electron chi connectivity index (χ4n) is 1.94. The van der Waals surface area contributed by atoms with Crippen molar-refractivity contribution in [2.75, 3.05) is 18.0 Å². The molecule has 1 aromatic heterocycles. The number of hydrogen-bond acceptors (Lipinski definition) is 6. The van der Waals surface area contributed by atoms with Crippen molar-refractivity contribution in [3.63, 3.8) is 0 Å². The third kappa shape index (κ3) is 2.38. The van der Waals surface area contributed by atoms with E-state index in [1.807, 2.05) is 4.90 Å². The summed E-state index contributed by atoms with van der Waals surface area (Å²) in [4.78, 5) is 16.0. The lowest BCUT2D eigenvalue weighted by molar-refractivity contribution is -0.385. The van der Waals surface area contributed by atoms with Crippen LogP contribution < -0.4 is 4.90 Å². The molecule has 0 saturated carbocycles. The van der Waals surface area contributed by atoms with Crippen molar-refractivity contribution in [3.05, 3.63) is 27.9 Å². The van der Waals surface area contributed by atoms with Crippen LogP contribution in [-0.2, 0) is 0 Å². The molecule has 1 aliphatic rings. The number of piperidine rings is 1. The predicted octanol–water partition coefficient (Wildman–Crippen LogP) is 0.823. The smallest absolute Gasteiger partial charge is 0.305 e. The van der Waals surface area contributed by atoms with E-state index in [0.29, 0.717) is 31.7 Å². The number of nitrogens with zero attached hydrogens (tertiary/aromatic N) is 4. The van der Waals surface area contributed by atoms with Gasteiger partial charge in [0.15, 0.2) is 0 Å². The van der Waals surface area contributed by atoms with Gasteiger partial charge in [0, 0.05) is 19.2 Å². The van der Waals surface area contributed by atoms with E-state index >= 15 is 0 Å². The summed E-state index contributed by atoms with van der Waals surface area (Å²) in [5.74, 6) is 0.545. The van der Waals surface area contributed by atoms with Gasteiger partial charge in [0.05, 0.1) is 11.0 Å². The summed E-state index contributed by atoms with van der Waals surface area (Å²) in [6, 6.07) is 4.57. The van der Waals surface area contributed by atoms with E-state index in [2.05, 4.69) is 4.98 Å². The van der Waals surface area contributed by atoms with Crippen molar-refractivity contribution in [1.29, 1.82) is 5.26 Å². The van der Waals surface area contributed by atoms with Crippen LogP contribution in [0.2, 0.25) is 0 Å². The average molecular weight is 248 g/mol. The topological polar surface area (TPSA) is 103 Å². The van der Waals surface area contributed by atoms with E-state index in [1.54, 1.807) is 6.07 Å². The lowest BCUT2D eigenvalue weighted by atomic mass is 10.1. The second-order valence-electron chi connectivity index (χ2n) is 4.12. The molecule has 7 heteroatoms. The summed E-state index contributed by atoms with van der Waals surface area (Å²) in [6.45, 7) is 1.27. The van der Waals surface area contributed by atoms with Crippen LogP contribution in [0.3, 0.4) is 0 Å². The van der Waals surface area contributed by atoms with Crippen molar-refractivity contribution in [2.24, 2.45) is 0 Å². The molecule has 0 aliphatic carbocycles. The Labute approximate surface area is 103 Å². The number of anilines is 1. The molecule has 0 amide bonds. The lowest BCUT2D eigenvalue weighted by Gasteiger charge is -2.30. The number of aliphatic hydroxyl groups excluding tert-OH is 1. The van der Waals surface area contributed by atoms with E-state index in [9.17, 15) is 15.2 Å². The molecule has 2 rings (SSSR count).